The van der Waals surface area contributed by atoms with Crippen LogP contribution in [-0.2, 0) is 4.79 Å². The second-order valence-corrected chi connectivity index (χ2v) is 5.83. The topological polar surface area (TPSA) is 32.3 Å². The number of hydrogen-bond donors (Lipinski definition) is 1. The average molecular weight is 250 g/mol. The molecule has 0 saturated heterocycles. The van der Waals surface area contributed by atoms with Crippen molar-refractivity contribution in [3.8, 4) is 0 Å². The highest BCUT2D eigenvalue weighted by molar-refractivity contribution is 5.78. The Bertz CT molecular complexity index is 304. The molecule has 1 amide bonds. The summed E-state index contributed by atoms with van der Waals surface area (Å²) in [7, 11) is 2.01. The van der Waals surface area contributed by atoms with E-state index in [1.807, 2.05) is 18.0 Å². The van der Waals surface area contributed by atoms with Gasteiger partial charge in [0.05, 0.1) is 0 Å². The first-order chi connectivity index (χ1) is 8.71. The molecular formula is C15H26N2O. The minimum atomic E-state index is 0.0592. The molecule has 2 fully saturated rings. The Labute approximate surface area is 111 Å². The number of nitrogens with zero attached hydrogens (tertiary/aromatic N) is 1. The maximum atomic E-state index is 12.5. The van der Waals surface area contributed by atoms with Gasteiger partial charge in [0, 0.05) is 24.5 Å². The zero-order chi connectivity index (χ0) is 13.0. The predicted octanol–water partition coefficient (Wildman–Crippen LogP) is 2.48. The molecule has 2 aliphatic carbocycles. The first-order valence-electron chi connectivity index (χ1n) is 7.30. The van der Waals surface area contributed by atoms with Crippen LogP contribution in [0, 0.1) is 0 Å². The van der Waals surface area contributed by atoms with Crippen molar-refractivity contribution in [1.29, 1.82) is 0 Å². The van der Waals surface area contributed by atoms with Crippen LogP contribution < -0.4 is 5.32 Å². The Kier molecular flexibility index (Phi) is 4.44. The number of carbonyl (C=O) groups is 1. The molecule has 2 aliphatic rings. The lowest BCUT2D eigenvalue weighted by Gasteiger charge is -2.38. The molecule has 0 bridgehead atoms. The number of hydrogen-bond acceptors (Lipinski definition) is 2. The van der Waals surface area contributed by atoms with Crippen LogP contribution in [0.2, 0.25) is 0 Å². The van der Waals surface area contributed by atoms with Gasteiger partial charge >= 0.3 is 0 Å². The molecule has 0 aromatic rings. The van der Waals surface area contributed by atoms with Crippen LogP contribution in [0.3, 0.4) is 0 Å². The Hall–Kier alpha value is -0.830. The molecule has 2 rings (SSSR count). The van der Waals surface area contributed by atoms with E-state index in [0.29, 0.717) is 24.9 Å². The lowest BCUT2D eigenvalue weighted by atomic mass is 9.79. The summed E-state index contributed by atoms with van der Waals surface area (Å²) in [5.41, 5.74) is 0.0592. The molecule has 2 saturated carbocycles. The summed E-state index contributed by atoms with van der Waals surface area (Å²) in [5.74, 6) is 0.314. The van der Waals surface area contributed by atoms with Crippen molar-refractivity contribution in [1.82, 2.24) is 10.2 Å². The molecule has 0 radical (unpaired) electrons. The fraction of sp³-hybridized carbons (Fsp3) is 0.800. The molecule has 0 aliphatic heterocycles. The van der Waals surface area contributed by atoms with Crippen LogP contribution in [0.25, 0.3) is 0 Å². The maximum Gasteiger partial charge on any atom is 0.224 e. The fourth-order valence-corrected chi connectivity index (χ4v) is 3.11. The maximum absolute atomic E-state index is 12.5. The molecule has 0 spiro atoms. The van der Waals surface area contributed by atoms with Crippen LogP contribution in [0.1, 0.15) is 51.4 Å². The summed E-state index contributed by atoms with van der Waals surface area (Å²) in [4.78, 5) is 14.5. The first kappa shape index (κ1) is 13.6. The quantitative estimate of drug-likeness (QED) is 0.735. The highest BCUT2D eigenvalue weighted by Gasteiger charge is 2.37. The van der Waals surface area contributed by atoms with Gasteiger partial charge in [-0.1, -0.05) is 25.3 Å². The summed E-state index contributed by atoms with van der Waals surface area (Å²) in [5, 5.41) is 3.43. The van der Waals surface area contributed by atoms with Gasteiger partial charge in [-0.2, -0.15) is 0 Å². The van der Waals surface area contributed by atoms with Gasteiger partial charge in [0.1, 0.15) is 0 Å². The molecule has 0 heterocycles. The van der Waals surface area contributed by atoms with E-state index >= 15 is 0 Å². The Morgan fingerprint density at radius 1 is 1.39 bits per heavy atom. The Morgan fingerprint density at radius 3 is 2.56 bits per heavy atom. The van der Waals surface area contributed by atoms with Gasteiger partial charge in [0.15, 0.2) is 0 Å². The molecule has 0 atom stereocenters. The normalized spacial score (nSPS) is 22.5. The van der Waals surface area contributed by atoms with Crippen molar-refractivity contribution < 1.29 is 4.79 Å². The minimum Gasteiger partial charge on any atom is -0.336 e. The van der Waals surface area contributed by atoms with Gasteiger partial charge < -0.3 is 10.2 Å². The molecule has 3 heteroatoms. The predicted molar refractivity (Wildman–Crippen MR) is 74.4 cm³/mol. The van der Waals surface area contributed by atoms with Gasteiger partial charge in [-0.25, -0.2) is 0 Å². The van der Waals surface area contributed by atoms with Crippen molar-refractivity contribution in [2.75, 3.05) is 13.6 Å². The van der Waals surface area contributed by atoms with Crippen LogP contribution >= 0.6 is 0 Å². The molecule has 0 aromatic carbocycles. The van der Waals surface area contributed by atoms with Crippen LogP contribution in [0.5, 0.6) is 0 Å². The fourth-order valence-electron chi connectivity index (χ4n) is 3.11. The van der Waals surface area contributed by atoms with Gasteiger partial charge in [-0.15, -0.1) is 6.58 Å². The molecule has 0 unspecified atom stereocenters. The molecular weight excluding hydrogens is 224 g/mol. The van der Waals surface area contributed by atoms with E-state index in [1.165, 1.54) is 32.1 Å². The van der Waals surface area contributed by atoms with Gasteiger partial charge in [0.2, 0.25) is 5.91 Å². The molecule has 3 nitrogen and oxygen atoms in total. The molecule has 18 heavy (non-hydrogen) atoms. The van der Waals surface area contributed by atoms with Gasteiger partial charge in [-0.05, 0) is 32.7 Å². The van der Waals surface area contributed by atoms with E-state index < -0.39 is 0 Å². The van der Waals surface area contributed by atoms with Crippen molar-refractivity contribution in [3.05, 3.63) is 12.7 Å². The summed E-state index contributed by atoms with van der Waals surface area (Å²) in [6.07, 6.45) is 11.0. The van der Waals surface area contributed by atoms with Crippen LogP contribution in [0.15, 0.2) is 12.7 Å². The summed E-state index contributed by atoms with van der Waals surface area (Å²) in [6, 6.07) is 0.494. The van der Waals surface area contributed by atoms with E-state index in [-0.39, 0.29) is 5.54 Å². The number of rotatable bonds is 6. The molecule has 0 aromatic heterocycles. The van der Waals surface area contributed by atoms with Crippen molar-refractivity contribution in [2.24, 2.45) is 0 Å². The highest BCUT2D eigenvalue weighted by atomic mass is 16.2. The van der Waals surface area contributed by atoms with E-state index in [1.54, 1.807) is 0 Å². The lowest BCUT2D eigenvalue weighted by Crippen LogP contribution is -2.49. The van der Waals surface area contributed by atoms with E-state index in [0.717, 1.165) is 12.8 Å². The van der Waals surface area contributed by atoms with E-state index in [9.17, 15) is 4.79 Å². The molecule has 102 valence electrons. The second-order valence-electron chi connectivity index (χ2n) is 5.83. The third kappa shape index (κ3) is 3.14. The second kappa shape index (κ2) is 5.87. The average Bonchev–Trinajstić information content (AvgIpc) is 3.21. The third-order valence-corrected chi connectivity index (χ3v) is 4.46. The zero-order valence-electron chi connectivity index (χ0n) is 11.6. The SMILES string of the molecule is C=CCN(C(=O)CC1(NC)CCCCC1)C1CC1. The summed E-state index contributed by atoms with van der Waals surface area (Å²) >= 11 is 0. The largest absolute Gasteiger partial charge is 0.336 e. The van der Waals surface area contributed by atoms with E-state index in [4.69, 9.17) is 0 Å². The smallest absolute Gasteiger partial charge is 0.224 e. The number of nitrogens with one attached hydrogen (secondary N) is 1. The van der Waals surface area contributed by atoms with Crippen LogP contribution in [-0.4, -0.2) is 36.0 Å². The van der Waals surface area contributed by atoms with Crippen molar-refractivity contribution in [2.45, 2.75) is 62.9 Å². The summed E-state index contributed by atoms with van der Waals surface area (Å²) < 4.78 is 0. The van der Waals surface area contributed by atoms with Crippen molar-refractivity contribution in [3.63, 3.8) is 0 Å². The lowest BCUT2D eigenvalue weighted by molar-refractivity contribution is -0.133. The number of amides is 1. The first-order valence-corrected chi connectivity index (χ1v) is 7.30. The summed E-state index contributed by atoms with van der Waals surface area (Å²) in [6.45, 7) is 4.48. The number of carbonyl (C=O) groups excluding carboxylic acids is 1. The van der Waals surface area contributed by atoms with Crippen LogP contribution in [0.4, 0.5) is 0 Å². The highest BCUT2D eigenvalue weighted by Crippen LogP contribution is 2.33. The Balaban J connectivity index is 1.96. The standard InChI is InChI=1S/C15H26N2O/c1-3-11-17(13-7-8-13)14(18)12-15(16-2)9-5-4-6-10-15/h3,13,16H,1,4-12H2,2H3. The van der Waals surface area contributed by atoms with E-state index in [2.05, 4.69) is 11.9 Å². The minimum absolute atomic E-state index is 0.0592. The monoisotopic (exact) mass is 250 g/mol. The van der Waals surface area contributed by atoms with Crippen molar-refractivity contribution >= 4 is 5.91 Å². The zero-order valence-corrected chi connectivity index (χ0v) is 11.6. The third-order valence-electron chi connectivity index (χ3n) is 4.46. The van der Waals surface area contributed by atoms with Gasteiger partial charge in [-0.3, -0.25) is 4.79 Å². The molecule has 1 N–H and O–H groups in total. The van der Waals surface area contributed by atoms with Gasteiger partial charge in [0.25, 0.3) is 0 Å². The Morgan fingerprint density at radius 2 is 2.06 bits per heavy atom.